The predicted molar refractivity (Wildman–Crippen MR) is 107 cm³/mol. The average molecular weight is 471 g/mol. The number of H-pyrrole nitrogens is 1. The molecule has 0 atom stereocenters. The Morgan fingerprint density at radius 3 is 2.44 bits per heavy atom. The smallest absolute Gasteiger partial charge is 0.369 e. The molecule has 168 valence electrons. The first-order valence-corrected chi connectivity index (χ1v) is 9.35. The zero-order valence-corrected chi connectivity index (χ0v) is 16.9. The largest absolute Gasteiger partial charge is 0.471 e. The number of aromatic amines is 1. The number of fused-ring (bicyclic) bond motifs is 1. The Labute approximate surface area is 180 Å². The van der Waals surface area contributed by atoms with Gasteiger partial charge in [-0.3, -0.25) is 24.3 Å². The predicted octanol–water partition coefficient (Wildman–Crippen LogP) is 2.00. The number of hydrogen-bond acceptors (Lipinski definition) is 9. The van der Waals surface area contributed by atoms with Crippen molar-refractivity contribution >= 4 is 45.8 Å². The third-order valence-electron chi connectivity index (χ3n) is 3.92. The lowest BCUT2D eigenvalue weighted by Crippen LogP contribution is -2.41. The number of carbonyl (C=O) groups is 2. The Morgan fingerprint density at radius 2 is 1.84 bits per heavy atom. The van der Waals surface area contributed by atoms with Crippen LogP contribution in [-0.2, 0) is 11.3 Å². The molecule has 32 heavy (non-hydrogen) atoms. The van der Waals surface area contributed by atoms with Gasteiger partial charge < -0.3 is 5.73 Å². The van der Waals surface area contributed by atoms with Crippen molar-refractivity contribution in [2.75, 3.05) is 17.7 Å². The van der Waals surface area contributed by atoms with Crippen LogP contribution in [0, 0.1) is 0 Å². The summed E-state index contributed by atoms with van der Waals surface area (Å²) in [6.45, 7) is -0.694. The summed E-state index contributed by atoms with van der Waals surface area (Å²) in [4.78, 5) is 50.0. The van der Waals surface area contributed by atoms with E-state index in [9.17, 15) is 32.0 Å². The highest BCUT2D eigenvalue weighted by Crippen LogP contribution is 2.27. The highest BCUT2D eigenvalue weighted by atomic mass is 32.2. The molecule has 3 rings (SSSR count). The van der Waals surface area contributed by atoms with Crippen molar-refractivity contribution in [3.8, 4) is 0 Å². The molecular weight excluding hydrogens is 458 g/mol. The van der Waals surface area contributed by atoms with Gasteiger partial charge in [0.25, 0.3) is 5.56 Å². The summed E-state index contributed by atoms with van der Waals surface area (Å²) in [5, 5.41) is -0.693. The Morgan fingerprint density at radius 1 is 1.19 bits per heavy atom. The molecule has 0 aliphatic carbocycles. The normalized spacial score (nSPS) is 11.7. The molecule has 0 aliphatic rings. The number of carbonyl (C=O) groups excluding carboxylic acids is 2. The van der Waals surface area contributed by atoms with Crippen LogP contribution in [0.2, 0.25) is 0 Å². The van der Waals surface area contributed by atoms with Crippen molar-refractivity contribution in [1.82, 2.24) is 24.5 Å². The number of nitrogens with zero attached hydrogens (tertiary/aromatic N) is 5. The van der Waals surface area contributed by atoms with Gasteiger partial charge >= 0.3 is 12.1 Å². The molecule has 0 bridgehead atoms. The van der Waals surface area contributed by atoms with Crippen molar-refractivity contribution in [2.45, 2.75) is 12.7 Å². The average Bonchev–Trinajstić information content (AvgIpc) is 2.70. The van der Waals surface area contributed by atoms with E-state index in [4.69, 9.17) is 5.73 Å². The van der Waals surface area contributed by atoms with Crippen molar-refractivity contribution in [2.24, 2.45) is 0 Å². The van der Waals surface area contributed by atoms with Crippen LogP contribution in [0.1, 0.15) is 16.1 Å². The molecule has 10 nitrogen and oxygen atoms in total. The highest BCUT2D eigenvalue weighted by Gasteiger charge is 2.43. The maximum atomic E-state index is 13.2. The van der Waals surface area contributed by atoms with Crippen molar-refractivity contribution in [1.29, 1.82) is 0 Å². The lowest BCUT2D eigenvalue weighted by Gasteiger charge is -2.23. The monoisotopic (exact) mass is 471 g/mol. The molecule has 0 radical (unpaired) electrons. The molecule has 0 spiro atoms. The molecule has 3 aromatic rings. The van der Waals surface area contributed by atoms with Gasteiger partial charge in [0, 0.05) is 30.2 Å². The summed E-state index contributed by atoms with van der Waals surface area (Å²) in [6.07, 6.45) is -4.17. The number of nitrogen functional groups attached to an aromatic ring is 1. The van der Waals surface area contributed by atoms with Gasteiger partial charge in [0.15, 0.2) is 11.2 Å². The maximum absolute atomic E-state index is 13.2. The molecule has 2 heterocycles. The standard InChI is InChI=1S/C17H13F4N7O3S/c1-27(21)32-14(30)8-2-4-10(5-3-8)28(15(31)17(18,19)20)7-9-6-23-12-11(24-9)13(29)26-16(22)25-12/h2-6H,7H2,1H3,(H3,22,23,25,26,29). The second-order valence-electron chi connectivity index (χ2n) is 6.22. The lowest BCUT2D eigenvalue weighted by molar-refractivity contribution is -0.170. The van der Waals surface area contributed by atoms with Crippen LogP contribution in [0.25, 0.3) is 11.2 Å². The number of benzene rings is 1. The van der Waals surface area contributed by atoms with E-state index in [0.29, 0.717) is 4.90 Å². The number of amides is 1. The van der Waals surface area contributed by atoms with Crippen LogP contribution in [0.15, 0.2) is 35.3 Å². The maximum Gasteiger partial charge on any atom is 0.471 e. The molecule has 0 unspecified atom stereocenters. The third kappa shape index (κ3) is 5.17. The van der Waals surface area contributed by atoms with E-state index in [1.165, 1.54) is 0 Å². The summed E-state index contributed by atoms with van der Waals surface area (Å²) < 4.78 is 52.5. The number of halogens is 4. The number of hydrogen-bond donors (Lipinski definition) is 2. The Balaban J connectivity index is 1.97. The summed E-state index contributed by atoms with van der Waals surface area (Å²) in [6, 6.07) is 4.49. The summed E-state index contributed by atoms with van der Waals surface area (Å²) in [5.74, 6) is -2.43. The zero-order chi connectivity index (χ0) is 23.6. The Kier molecular flexibility index (Phi) is 6.40. The van der Waals surface area contributed by atoms with E-state index in [2.05, 4.69) is 19.9 Å². The topological polar surface area (TPSA) is 138 Å². The fourth-order valence-corrected chi connectivity index (χ4v) is 3.06. The minimum Gasteiger partial charge on any atom is -0.369 e. The van der Waals surface area contributed by atoms with Gasteiger partial charge in [0.2, 0.25) is 11.1 Å². The van der Waals surface area contributed by atoms with Gasteiger partial charge in [0.05, 0.1) is 18.4 Å². The van der Waals surface area contributed by atoms with Crippen LogP contribution >= 0.6 is 11.9 Å². The number of nitrogens with two attached hydrogens (primary N) is 1. The van der Waals surface area contributed by atoms with E-state index < -0.39 is 29.3 Å². The highest BCUT2D eigenvalue weighted by molar-refractivity contribution is 8.12. The van der Waals surface area contributed by atoms with Gasteiger partial charge in [-0.1, -0.05) is 4.53 Å². The molecular formula is C17H13F4N7O3S. The van der Waals surface area contributed by atoms with E-state index in [-0.39, 0.29) is 50.5 Å². The van der Waals surface area contributed by atoms with Gasteiger partial charge in [-0.15, -0.1) is 4.48 Å². The van der Waals surface area contributed by atoms with Crippen molar-refractivity contribution in [3.05, 3.63) is 52.1 Å². The molecule has 0 aliphatic heterocycles. The number of nitrogens with one attached hydrogen (secondary N) is 1. The van der Waals surface area contributed by atoms with Crippen LogP contribution in [0.4, 0.5) is 29.3 Å². The van der Waals surface area contributed by atoms with Gasteiger partial charge in [0.1, 0.15) is 0 Å². The fraction of sp³-hybridized carbons (Fsp3) is 0.176. The first-order valence-electron chi connectivity index (χ1n) is 8.57. The van der Waals surface area contributed by atoms with Crippen LogP contribution in [0.5, 0.6) is 0 Å². The number of alkyl halides is 3. The second kappa shape index (κ2) is 8.88. The molecule has 0 saturated carbocycles. The molecule has 2 aromatic heterocycles. The van der Waals surface area contributed by atoms with E-state index >= 15 is 0 Å². The van der Waals surface area contributed by atoms with Gasteiger partial charge in [-0.2, -0.15) is 18.2 Å². The van der Waals surface area contributed by atoms with Crippen molar-refractivity contribution in [3.63, 3.8) is 0 Å². The Hall–Kier alpha value is -3.59. The lowest BCUT2D eigenvalue weighted by atomic mass is 10.2. The third-order valence-corrected chi connectivity index (χ3v) is 4.57. The molecule has 0 saturated heterocycles. The van der Waals surface area contributed by atoms with Crippen molar-refractivity contribution < 1.29 is 27.2 Å². The van der Waals surface area contributed by atoms with Gasteiger partial charge in [-0.25, -0.2) is 9.97 Å². The minimum absolute atomic E-state index is 0.00310. The molecule has 1 amide bonds. The van der Waals surface area contributed by atoms with Crippen LogP contribution < -0.4 is 16.2 Å². The molecule has 3 N–H and O–H groups in total. The van der Waals surface area contributed by atoms with Crippen LogP contribution in [-0.4, -0.2) is 48.7 Å². The van der Waals surface area contributed by atoms with Crippen LogP contribution in [0.3, 0.4) is 0 Å². The molecule has 0 fully saturated rings. The number of rotatable bonds is 5. The first kappa shape index (κ1) is 23.1. The SMILES string of the molecule is CN(F)SC(=O)c1ccc(N(Cc2cnc3nc(N)[nH]c(=O)c3n2)C(=O)C(F)(F)F)cc1. The summed E-state index contributed by atoms with van der Waals surface area (Å²) in [7, 11) is 1.00. The number of anilines is 2. The molecule has 1 aromatic carbocycles. The van der Waals surface area contributed by atoms with E-state index in [1.807, 2.05) is 0 Å². The number of aromatic nitrogens is 4. The molecule has 15 heteroatoms. The minimum atomic E-state index is -5.22. The zero-order valence-electron chi connectivity index (χ0n) is 16.1. The quantitative estimate of drug-likeness (QED) is 0.325. The summed E-state index contributed by atoms with van der Waals surface area (Å²) >= 11 is 0.240. The first-order chi connectivity index (χ1) is 15.0. The van der Waals surface area contributed by atoms with E-state index in [1.54, 1.807) is 0 Å². The second-order valence-corrected chi connectivity index (χ2v) is 7.28. The fourth-order valence-electron chi connectivity index (χ4n) is 2.59. The summed E-state index contributed by atoms with van der Waals surface area (Å²) in [5.41, 5.74) is 3.90. The van der Waals surface area contributed by atoms with Gasteiger partial charge in [-0.05, 0) is 24.3 Å². The Bertz CT molecular complexity index is 1230. The van der Waals surface area contributed by atoms with E-state index in [0.717, 1.165) is 37.5 Å².